The number of hydrogen-bond acceptors (Lipinski definition) is 4. The summed E-state index contributed by atoms with van der Waals surface area (Å²) in [6, 6.07) is 6.73. The first-order valence-electron chi connectivity index (χ1n) is 4.68. The van der Waals surface area contributed by atoms with E-state index in [1.54, 1.807) is 12.1 Å². The summed E-state index contributed by atoms with van der Waals surface area (Å²) in [4.78, 5) is 0. The van der Waals surface area contributed by atoms with Gasteiger partial charge in [0.1, 0.15) is 23.4 Å². The fourth-order valence-corrected chi connectivity index (χ4v) is 1.31. The van der Waals surface area contributed by atoms with Gasteiger partial charge in [-0.25, -0.2) is 0 Å². The normalized spacial score (nSPS) is 10.0. The Morgan fingerprint density at radius 2 is 1.95 bits per heavy atom. The molecule has 0 bridgehead atoms. The number of halogens is 4. The standard InChI is InChI=1S/C11H5ClF3N3O/c12-8-2-1-3-9(19-11(13,14)15)10(8)18-6-7(4-16)5-17/h1-3,6,18H. The van der Waals surface area contributed by atoms with Crippen molar-refractivity contribution in [2.75, 3.05) is 5.32 Å². The zero-order valence-electron chi connectivity index (χ0n) is 9.12. The molecule has 0 aliphatic heterocycles. The molecule has 1 rings (SSSR count). The first-order valence-corrected chi connectivity index (χ1v) is 5.06. The number of benzene rings is 1. The summed E-state index contributed by atoms with van der Waals surface area (Å²) in [5, 5.41) is 19.3. The molecule has 0 aromatic heterocycles. The first-order chi connectivity index (χ1) is 8.87. The highest BCUT2D eigenvalue weighted by atomic mass is 35.5. The van der Waals surface area contributed by atoms with E-state index in [9.17, 15) is 13.2 Å². The first kappa shape index (κ1) is 14.7. The van der Waals surface area contributed by atoms with Crippen LogP contribution < -0.4 is 10.1 Å². The molecule has 0 spiro atoms. The van der Waals surface area contributed by atoms with Crippen LogP contribution in [0.2, 0.25) is 5.02 Å². The summed E-state index contributed by atoms with van der Waals surface area (Å²) in [5.74, 6) is -0.563. The Hall–Kier alpha value is -2.38. The summed E-state index contributed by atoms with van der Waals surface area (Å²) in [7, 11) is 0. The second-order valence-electron chi connectivity index (χ2n) is 3.09. The molecule has 0 unspecified atom stereocenters. The van der Waals surface area contributed by atoms with Gasteiger partial charge in [-0.1, -0.05) is 17.7 Å². The van der Waals surface area contributed by atoms with Crippen molar-refractivity contribution in [1.29, 1.82) is 10.5 Å². The number of allylic oxidation sites excluding steroid dienone is 1. The van der Waals surface area contributed by atoms with Gasteiger partial charge < -0.3 is 10.1 Å². The minimum absolute atomic E-state index is 0.0479. The van der Waals surface area contributed by atoms with Gasteiger partial charge in [0, 0.05) is 6.20 Å². The van der Waals surface area contributed by atoms with Crippen LogP contribution in [0.5, 0.6) is 5.75 Å². The van der Waals surface area contributed by atoms with E-state index in [0.29, 0.717) is 0 Å². The third-order valence-electron chi connectivity index (χ3n) is 1.80. The number of nitrogens with zero attached hydrogens (tertiary/aromatic N) is 2. The van der Waals surface area contributed by atoms with Gasteiger partial charge in [-0.15, -0.1) is 13.2 Å². The maximum absolute atomic E-state index is 12.2. The molecular weight excluding hydrogens is 283 g/mol. The summed E-state index contributed by atoms with van der Waals surface area (Å²) < 4.78 is 40.3. The molecule has 0 amide bonds. The molecule has 0 saturated heterocycles. The van der Waals surface area contributed by atoms with Gasteiger partial charge in [0.05, 0.1) is 5.02 Å². The van der Waals surface area contributed by atoms with Gasteiger partial charge in [-0.05, 0) is 12.1 Å². The van der Waals surface area contributed by atoms with Crippen molar-refractivity contribution in [2.45, 2.75) is 6.36 Å². The minimum atomic E-state index is -4.88. The Morgan fingerprint density at radius 3 is 2.47 bits per heavy atom. The third kappa shape index (κ3) is 4.41. The van der Waals surface area contributed by atoms with E-state index >= 15 is 0 Å². The topological polar surface area (TPSA) is 68.8 Å². The van der Waals surface area contributed by atoms with E-state index in [2.05, 4.69) is 10.1 Å². The van der Waals surface area contributed by atoms with E-state index in [0.717, 1.165) is 12.3 Å². The van der Waals surface area contributed by atoms with Crippen LogP contribution in [-0.2, 0) is 0 Å². The number of ether oxygens (including phenoxy) is 1. The van der Waals surface area contributed by atoms with Crippen LogP contribution in [0.15, 0.2) is 30.0 Å². The highest BCUT2D eigenvalue weighted by Crippen LogP contribution is 2.35. The quantitative estimate of drug-likeness (QED) is 0.863. The average molecular weight is 288 g/mol. The number of nitriles is 2. The summed E-state index contributed by atoms with van der Waals surface area (Å²) in [5.41, 5.74) is -0.512. The zero-order valence-corrected chi connectivity index (χ0v) is 9.88. The Bertz CT molecular complexity index is 568. The van der Waals surface area contributed by atoms with Crippen LogP contribution in [-0.4, -0.2) is 6.36 Å². The van der Waals surface area contributed by atoms with Crippen LogP contribution in [0.1, 0.15) is 0 Å². The van der Waals surface area contributed by atoms with Crippen LogP contribution >= 0.6 is 11.6 Å². The fraction of sp³-hybridized carbons (Fsp3) is 0.0909. The van der Waals surface area contributed by atoms with Gasteiger partial charge in [-0.2, -0.15) is 10.5 Å². The van der Waals surface area contributed by atoms with Crippen LogP contribution in [0, 0.1) is 22.7 Å². The molecule has 0 aliphatic carbocycles. The number of rotatable bonds is 3. The Balaban J connectivity index is 3.10. The van der Waals surface area contributed by atoms with Crippen molar-refractivity contribution >= 4 is 17.3 Å². The van der Waals surface area contributed by atoms with Gasteiger partial charge in [0.2, 0.25) is 0 Å². The van der Waals surface area contributed by atoms with Crippen molar-refractivity contribution < 1.29 is 17.9 Å². The molecule has 0 radical (unpaired) electrons. The Morgan fingerprint density at radius 1 is 1.32 bits per heavy atom. The zero-order chi connectivity index (χ0) is 14.5. The summed E-state index contributed by atoms with van der Waals surface area (Å²) >= 11 is 5.72. The molecule has 0 aliphatic rings. The van der Waals surface area contributed by atoms with Crippen molar-refractivity contribution in [3.05, 3.63) is 35.0 Å². The second-order valence-corrected chi connectivity index (χ2v) is 3.49. The highest BCUT2D eigenvalue weighted by Gasteiger charge is 2.32. The number of para-hydroxylation sites is 1. The third-order valence-corrected chi connectivity index (χ3v) is 2.12. The largest absolute Gasteiger partial charge is 0.573 e. The Kier molecular flexibility index (Phi) is 4.62. The predicted octanol–water partition coefficient (Wildman–Crippen LogP) is 3.58. The Labute approximate surface area is 111 Å². The van der Waals surface area contributed by atoms with Crippen molar-refractivity contribution in [3.63, 3.8) is 0 Å². The SMILES string of the molecule is N#CC(C#N)=CNc1c(Cl)cccc1OC(F)(F)F. The molecule has 0 fully saturated rings. The molecular formula is C11H5ClF3N3O. The molecule has 19 heavy (non-hydrogen) atoms. The molecule has 1 aromatic rings. The van der Waals surface area contributed by atoms with E-state index < -0.39 is 12.1 Å². The maximum atomic E-state index is 12.2. The van der Waals surface area contributed by atoms with Crippen LogP contribution in [0.3, 0.4) is 0 Å². The van der Waals surface area contributed by atoms with Crippen molar-refractivity contribution in [1.82, 2.24) is 0 Å². The van der Waals surface area contributed by atoms with Crippen molar-refractivity contribution in [3.8, 4) is 17.9 Å². The predicted molar refractivity (Wildman–Crippen MR) is 61.1 cm³/mol. The lowest BCUT2D eigenvalue weighted by Crippen LogP contribution is -2.18. The van der Waals surface area contributed by atoms with Gasteiger partial charge in [0.15, 0.2) is 5.75 Å². The summed E-state index contributed by atoms with van der Waals surface area (Å²) in [6.45, 7) is 0. The van der Waals surface area contributed by atoms with E-state index in [1.807, 2.05) is 0 Å². The number of alkyl halides is 3. The number of nitrogens with one attached hydrogen (secondary N) is 1. The van der Waals surface area contributed by atoms with Crippen LogP contribution in [0.25, 0.3) is 0 Å². The molecule has 98 valence electrons. The molecule has 4 nitrogen and oxygen atoms in total. The fourth-order valence-electron chi connectivity index (χ4n) is 1.09. The van der Waals surface area contributed by atoms with Gasteiger partial charge >= 0.3 is 6.36 Å². The molecule has 0 saturated carbocycles. The lowest BCUT2D eigenvalue weighted by Gasteiger charge is -2.14. The van der Waals surface area contributed by atoms with Crippen molar-refractivity contribution in [2.24, 2.45) is 0 Å². The van der Waals surface area contributed by atoms with E-state index in [-0.39, 0.29) is 16.3 Å². The second kappa shape index (κ2) is 5.98. The van der Waals surface area contributed by atoms with Gasteiger partial charge in [-0.3, -0.25) is 0 Å². The highest BCUT2D eigenvalue weighted by molar-refractivity contribution is 6.33. The average Bonchev–Trinajstić information content (AvgIpc) is 2.31. The van der Waals surface area contributed by atoms with Crippen LogP contribution in [0.4, 0.5) is 18.9 Å². The molecule has 0 heterocycles. The molecule has 1 N–H and O–H groups in total. The maximum Gasteiger partial charge on any atom is 0.573 e. The number of hydrogen-bond donors (Lipinski definition) is 1. The molecule has 1 aromatic carbocycles. The number of anilines is 1. The smallest absolute Gasteiger partial charge is 0.404 e. The van der Waals surface area contributed by atoms with E-state index in [1.165, 1.54) is 12.1 Å². The van der Waals surface area contributed by atoms with Gasteiger partial charge in [0.25, 0.3) is 0 Å². The minimum Gasteiger partial charge on any atom is -0.404 e. The molecule has 0 atom stereocenters. The molecule has 8 heteroatoms. The van der Waals surface area contributed by atoms with E-state index in [4.69, 9.17) is 22.1 Å². The summed E-state index contributed by atoms with van der Waals surface area (Å²) in [6.07, 6.45) is -3.94. The monoisotopic (exact) mass is 287 g/mol. The lowest BCUT2D eigenvalue weighted by molar-refractivity contribution is -0.274. The lowest BCUT2D eigenvalue weighted by atomic mass is 10.3.